The summed E-state index contributed by atoms with van der Waals surface area (Å²) in [7, 11) is 1.65. The average Bonchev–Trinajstić information content (AvgIpc) is 3.01. The van der Waals surface area contributed by atoms with E-state index < -0.39 is 5.97 Å². The van der Waals surface area contributed by atoms with Gasteiger partial charge >= 0.3 is 5.97 Å². The Morgan fingerprint density at radius 2 is 1.89 bits per heavy atom. The van der Waals surface area contributed by atoms with Crippen LogP contribution in [-0.4, -0.2) is 60.1 Å². The second-order valence-corrected chi connectivity index (χ2v) is 7.90. The lowest BCUT2D eigenvalue weighted by Gasteiger charge is -2.41. The maximum Gasteiger partial charge on any atom is 0.308 e. The topological polar surface area (TPSA) is 70.1 Å². The first-order valence-corrected chi connectivity index (χ1v) is 9.83. The summed E-state index contributed by atoms with van der Waals surface area (Å²) in [4.78, 5) is 28.3. The van der Waals surface area contributed by atoms with E-state index in [4.69, 9.17) is 4.74 Å². The van der Waals surface area contributed by atoms with E-state index >= 15 is 0 Å². The molecular weight excluding hydrogens is 344 g/mol. The molecule has 2 aliphatic heterocycles. The highest BCUT2D eigenvalue weighted by Gasteiger charge is 2.51. The van der Waals surface area contributed by atoms with Crippen LogP contribution >= 0.6 is 0 Å². The summed E-state index contributed by atoms with van der Waals surface area (Å²) >= 11 is 0. The van der Waals surface area contributed by atoms with Gasteiger partial charge in [0.25, 0.3) is 0 Å². The summed E-state index contributed by atoms with van der Waals surface area (Å²) in [6, 6.07) is 7.94. The lowest BCUT2D eigenvalue weighted by molar-refractivity contribution is -0.146. The number of piperidine rings is 1. The number of carbonyl (C=O) groups is 2. The van der Waals surface area contributed by atoms with E-state index in [9.17, 15) is 14.7 Å². The van der Waals surface area contributed by atoms with Crippen LogP contribution in [0.3, 0.4) is 0 Å². The molecule has 6 heteroatoms. The number of carboxylic acid groups (broad SMARTS) is 1. The van der Waals surface area contributed by atoms with E-state index in [1.165, 1.54) is 0 Å². The van der Waals surface area contributed by atoms with Crippen molar-refractivity contribution in [2.24, 2.45) is 11.3 Å². The molecule has 1 spiro atoms. The predicted molar refractivity (Wildman–Crippen MR) is 103 cm³/mol. The van der Waals surface area contributed by atoms with Gasteiger partial charge in [-0.05, 0) is 37.0 Å². The molecule has 0 aromatic heterocycles. The summed E-state index contributed by atoms with van der Waals surface area (Å²) < 4.78 is 5.20. The van der Waals surface area contributed by atoms with Crippen LogP contribution < -0.4 is 4.74 Å². The molecule has 1 aromatic rings. The second kappa shape index (κ2) is 8.30. The molecule has 6 nitrogen and oxygen atoms in total. The number of nitrogens with zero attached hydrogens (tertiary/aromatic N) is 2. The van der Waals surface area contributed by atoms with Crippen molar-refractivity contribution in [2.45, 2.75) is 39.2 Å². The molecule has 3 rings (SSSR count). The number of amides is 1. The SMILES string of the molecule is CCCC(=O)N1CCC2(CC1)CN(Cc1ccc(OC)cc1)CC2C(=O)O. The van der Waals surface area contributed by atoms with Crippen molar-refractivity contribution >= 4 is 11.9 Å². The molecule has 1 N–H and O–H groups in total. The van der Waals surface area contributed by atoms with Crippen LogP contribution in [0.2, 0.25) is 0 Å². The maximum absolute atomic E-state index is 12.2. The van der Waals surface area contributed by atoms with Gasteiger partial charge in [0.05, 0.1) is 13.0 Å². The van der Waals surface area contributed by atoms with Gasteiger partial charge in [-0.3, -0.25) is 14.5 Å². The van der Waals surface area contributed by atoms with Gasteiger partial charge in [-0.1, -0.05) is 19.1 Å². The Balaban J connectivity index is 1.66. The Morgan fingerprint density at radius 3 is 2.44 bits per heavy atom. The van der Waals surface area contributed by atoms with Crippen LogP contribution in [0.4, 0.5) is 0 Å². The monoisotopic (exact) mass is 374 g/mol. The molecule has 2 fully saturated rings. The molecule has 0 aliphatic carbocycles. The normalized spacial score (nSPS) is 22.1. The van der Waals surface area contributed by atoms with Crippen LogP contribution in [0.1, 0.15) is 38.2 Å². The van der Waals surface area contributed by atoms with Crippen molar-refractivity contribution in [1.29, 1.82) is 0 Å². The highest BCUT2D eigenvalue weighted by Crippen LogP contribution is 2.45. The lowest BCUT2D eigenvalue weighted by Crippen LogP contribution is -2.47. The zero-order valence-corrected chi connectivity index (χ0v) is 16.3. The minimum Gasteiger partial charge on any atom is -0.497 e. The van der Waals surface area contributed by atoms with E-state index in [2.05, 4.69) is 4.90 Å². The summed E-state index contributed by atoms with van der Waals surface area (Å²) in [5.74, 6) is -0.0452. The second-order valence-electron chi connectivity index (χ2n) is 7.90. The standard InChI is InChI=1S/C21H30N2O4/c1-3-4-19(24)23-11-9-21(10-12-23)15-22(14-18(21)20(25)26)13-16-5-7-17(27-2)8-6-16/h5-8,18H,3-4,9-15H2,1-2H3,(H,25,26). The van der Waals surface area contributed by atoms with Gasteiger partial charge in [0.2, 0.25) is 5.91 Å². The van der Waals surface area contributed by atoms with Gasteiger partial charge in [-0.15, -0.1) is 0 Å². The van der Waals surface area contributed by atoms with Crippen LogP contribution in [0, 0.1) is 11.3 Å². The zero-order valence-electron chi connectivity index (χ0n) is 16.3. The van der Waals surface area contributed by atoms with Gasteiger partial charge in [-0.25, -0.2) is 0 Å². The first-order chi connectivity index (χ1) is 13.0. The van der Waals surface area contributed by atoms with Crippen LogP contribution in [0.5, 0.6) is 5.75 Å². The predicted octanol–water partition coefficient (Wildman–Crippen LogP) is 2.62. The largest absolute Gasteiger partial charge is 0.497 e. The average molecular weight is 374 g/mol. The van der Waals surface area contributed by atoms with Crippen LogP contribution in [0.25, 0.3) is 0 Å². The Hall–Kier alpha value is -2.08. The molecule has 0 bridgehead atoms. The number of hydrogen-bond acceptors (Lipinski definition) is 4. The van der Waals surface area contributed by atoms with Gasteiger partial charge in [0, 0.05) is 44.6 Å². The summed E-state index contributed by atoms with van der Waals surface area (Å²) in [5, 5.41) is 9.82. The molecule has 2 heterocycles. The van der Waals surface area contributed by atoms with Gasteiger partial charge in [0.15, 0.2) is 0 Å². The molecular formula is C21H30N2O4. The molecule has 27 heavy (non-hydrogen) atoms. The van der Waals surface area contributed by atoms with Crippen LogP contribution in [0.15, 0.2) is 24.3 Å². The number of benzene rings is 1. The van der Waals surface area contributed by atoms with Crippen molar-refractivity contribution in [3.8, 4) is 5.75 Å². The molecule has 2 aliphatic rings. The van der Waals surface area contributed by atoms with Crippen molar-refractivity contribution in [1.82, 2.24) is 9.80 Å². The number of carboxylic acids is 1. The Kier molecular flexibility index (Phi) is 6.05. The van der Waals surface area contributed by atoms with Crippen molar-refractivity contribution in [3.05, 3.63) is 29.8 Å². The fourth-order valence-electron chi connectivity index (χ4n) is 4.60. The number of rotatable bonds is 6. The minimum absolute atomic E-state index is 0.201. The van der Waals surface area contributed by atoms with E-state index in [0.29, 0.717) is 26.1 Å². The van der Waals surface area contributed by atoms with Crippen molar-refractivity contribution in [3.63, 3.8) is 0 Å². The fraction of sp³-hybridized carbons (Fsp3) is 0.619. The quantitative estimate of drug-likeness (QED) is 0.829. The number of carbonyl (C=O) groups excluding carboxylic acids is 1. The van der Waals surface area contributed by atoms with Gasteiger partial charge in [0.1, 0.15) is 5.75 Å². The third-order valence-corrected chi connectivity index (χ3v) is 6.16. The Morgan fingerprint density at radius 1 is 1.22 bits per heavy atom. The molecule has 1 atom stereocenters. The molecule has 1 amide bonds. The third-order valence-electron chi connectivity index (χ3n) is 6.16. The summed E-state index contributed by atoms with van der Waals surface area (Å²) in [5.41, 5.74) is 0.939. The number of ether oxygens (including phenoxy) is 1. The third kappa shape index (κ3) is 4.26. The Bertz CT molecular complexity index is 665. The molecule has 1 unspecified atom stereocenters. The van der Waals surface area contributed by atoms with E-state index in [0.717, 1.165) is 43.7 Å². The molecule has 0 saturated carbocycles. The summed E-state index contributed by atoms with van der Waals surface area (Å²) in [6.07, 6.45) is 2.99. The lowest BCUT2D eigenvalue weighted by atomic mass is 9.71. The van der Waals surface area contributed by atoms with Crippen LogP contribution in [-0.2, 0) is 16.1 Å². The zero-order chi connectivity index (χ0) is 19.4. The molecule has 1 aromatic carbocycles. The number of hydrogen-bond donors (Lipinski definition) is 1. The minimum atomic E-state index is -0.708. The first kappa shape index (κ1) is 19.7. The molecule has 148 valence electrons. The van der Waals surface area contributed by atoms with E-state index in [1.807, 2.05) is 36.1 Å². The fourth-order valence-corrected chi connectivity index (χ4v) is 4.60. The number of methoxy groups -OCH3 is 1. The van der Waals surface area contributed by atoms with Crippen molar-refractivity contribution in [2.75, 3.05) is 33.3 Å². The Labute approximate surface area is 161 Å². The van der Waals surface area contributed by atoms with Gasteiger partial charge < -0.3 is 14.7 Å². The van der Waals surface area contributed by atoms with Crippen molar-refractivity contribution < 1.29 is 19.4 Å². The molecule has 2 saturated heterocycles. The number of aliphatic carboxylic acids is 1. The maximum atomic E-state index is 12.2. The smallest absolute Gasteiger partial charge is 0.308 e. The summed E-state index contributed by atoms with van der Waals surface area (Å²) in [6.45, 7) is 5.47. The van der Waals surface area contributed by atoms with E-state index in [-0.39, 0.29) is 17.2 Å². The van der Waals surface area contributed by atoms with E-state index in [1.54, 1.807) is 7.11 Å². The first-order valence-electron chi connectivity index (χ1n) is 9.83. The highest BCUT2D eigenvalue weighted by atomic mass is 16.5. The highest BCUT2D eigenvalue weighted by molar-refractivity contribution is 5.76. The number of likely N-dealkylation sites (tertiary alicyclic amines) is 2. The van der Waals surface area contributed by atoms with Gasteiger partial charge in [-0.2, -0.15) is 0 Å². The molecule has 0 radical (unpaired) electrons.